The van der Waals surface area contributed by atoms with Gasteiger partial charge in [0, 0.05) is 10.7 Å². The van der Waals surface area contributed by atoms with Gasteiger partial charge in [-0.25, -0.2) is 13.4 Å². The van der Waals surface area contributed by atoms with E-state index in [4.69, 9.17) is 16.3 Å². The zero-order chi connectivity index (χ0) is 18.9. The highest BCUT2D eigenvalue weighted by atomic mass is 35.5. The lowest BCUT2D eigenvalue weighted by atomic mass is 10.2. The number of aryl methyl sites for hydroxylation is 4. The molecule has 0 saturated heterocycles. The second-order valence-corrected chi connectivity index (χ2v) is 9.05. The Hall–Kier alpha value is -1.59. The Labute approximate surface area is 155 Å². The molecule has 2 aromatic rings. The van der Waals surface area contributed by atoms with E-state index in [2.05, 4.69) is 4.98 Å². The minimum absolute atomic E-state index is 0.128. The van der Waals surface area contributed by atoms with E-state index in [0.717, 1.165) is 5.69 Å². The highest BCUT2D eigenvalue weighted by Crippen LogP contribution is 2.35. The van der Waals surface area contributed by atoms with Crippen molar-refractivity contribution in [2.45, 2.75) is 51.3 Å². The van der Waals surface area contributed by atoms with E-state index < -0.39 is 9.84 Å². The predicted octanol–water partition coefficient (Wildman–Crippen LogP) is 4.84. The quantitative estimate of drug-likeness (QED) is 0.743. The fourth-order valence-corrected chi connectivity index (χ4v) is 4.69. The van der Waals surface area contributed by atoms with Crippen LogP contribution in [0.25, 0.3) is 0 Å². The first-order valence-corrected chi connectivity index (χ1v) is 10.0. The van der Waals surface area contributed by atoms with Crippen LogP contribution >= 0.6 is 11.6 Å². The third-order valence-electron chi connectivity index (χ3n) is 3.82. The fourth-order valence-electron chi connectivity index (χ4n) is 2.62. The van der Waals surface area contributed by atoms with Crippen LogP contribution in [0.15, 0.2) is 28.0 Å². The van der Waals surface area contributed by atoms with Crippen LogP contribution in [0.4, 0.5) is 0 Å². The first-order chi connectivity index (χ1) is 11.5. The van der Waals surface area contributed by atoms with Gasteiger partial charge in [-0.05, 0) is 68.5 Å². The molecule has 1 aromatic carbocycles. The lowest BCUT2D eigenvalue weighted by molar-refractivity contribution is 0.253. The van der Waals surface area contributed by atoms with Crippen molar-refractivity contribution >= 4 is 21.4 Å². The van der Waals surface area contributed by atoms with Crippen LogP contribution in [-0.4, -0.2) is 20.0 Å². The molecular weight excluding hydrogens is 358 g/mol. The van der Waals surface area contributed by atoms with E-state index in [0.29, 0.717) is 28.3 Å². The molecule has 1 aromatic heterocycles. The molecule has 6 heteroatoms. The second-order valence-electron chi connectivity index (χ2n) is 6.79. The predicted molar refractivity (Wildman–Crippen MR) is 100 cm³/mol. The third kappa shape index (κ3) is 4.15. The number of hydrogen-bond donors (Lipinski definition) is 0. The number of nitrogens with zero attached hydrogens (tertiary/aromatic N) is 1. The SMILES string of the molecule is Cc1cc(C)c(S(=O)(=O)c2cc(C)c(Cl)cc2C)c(OCC(C)C)n1. The summed E-state index contributed by atoms with van der Waals surface area (Å²) in [5.74, 6) is 0.427. The number of halogens is 1. The molecule has 0 unspecified atom stereocenters. The first-order valence-electron chi connectivity index (χ1n) is 8.17. The van der Waals surface area contributed by atoms with Crippen LogP contribution in [0.2, 0.25) is 5.02 Å². The van der Waals surface area contributed by atoms with Crippen LogP contribution in [0.1, 0.15) is 36.2 Å². The zero-order valence-corrected chi connectivity index (χ0v) is 17.0. The molecule has 0 aliphatic rings. The summed E-state index contributed by atoms with van der Waals surface area (Å²) in [6.45, 7) is 11.5. The fraction of sp³-hybridized carbons (Fsp3) is 0.421. The van der Waals surface area contributed by atoms with Gasteiger partial charge in [0.15, 0.2) is 0 Å². The van der Waals surface area contributed by atoms with Crippen LogP contribution in [-0.2, 0) is 9.84 Å². The molecule has 4 nitrogen and oxygen atoms in total. The molecule has 0 fully saturated rings. The second kappa shape index (κ2) is 7.34. The molecule has 0 atom stereocenters. The standard InChI is InChI=1S/C19H24ClNO3S/c1-11(2)10-24-19-18(14(5)7-15(6)21-19)25(22,23)17-9-12(3)16(20)8-13(17)4/h7-9,11H,10H2,1-6H3. The van der Waals surface area contributed by atoms with Crippen molar-refractivity contribution in [3.8, 4) is 5.88 Å². The summed E-state index contributed by atoms with van der Waals surface area (Å²) in [5.41, 5.74) is 2.66. The lowest BCUT2D eigenvalue weighted by Gasteiger charge is -2.17. The third-order valence-corrected chi connectivity index (χ3v) is 6.28. The number of ether oxygens (including phenoxy) is 1. The normalized spacial score (nSPS) is 11.8. The average molecular weight is 382 g/mol. The molecule has 0 amide bonds. The summed E-state index contributed by atoms with van der Waals surface area (Å²) in [6, 6.07) is 5.04. The number of aromatic nitrogens is 1. The number of pyridine rings is 1. The van der Waals surface area contributed by atoms with Gasteiger partial charge in [0.05, 0.1) is 11.5 Å². The maximum atomic E-state index is 13.4. The Morgan fingerprint density at radius 1 is 1.04 bits per heavy atom. The molecule has 2 rings (SSSR count). The summed E-state index contributed by atoms with van der Waals surface area (Å²) < 4.78 is 32.5. The van der Waals surface area contributed by atoms with Crippen molar-refractivity contribution in [1.82, 2.24) is 4.98 Å². The average Bonchev–Trinajstić information content (AvgIpc) is 2.47. The van der Waals surface area contributed by atoms with Crippen LogP contribution < -0.4 is 4.74 Å². The Kier molecular flexibility index (Phi) is 5.79. The molecule has 1 heterocycles. The van der Waals surface area contributed by atoms with Gasteiger partial charge in [0.1, 0.15) is 4.90 Å². The Morgan fingerprint density at radius 3 is 2.28 bits per heavy atom. The maximum absolute atomic E-state index is 13.4. The van der Waals surface area contributed by atoms with Crippen molar-refractivity contribution in [1.29, 1.82) is 0 Å². The van der Waals surface area contributed by atoms with Gasteiger partial charge in [-0.2, -0.15) is 0 Å². The summed E-state index contributed by atoms with van der Waals surface area (Å²) in [5, 5.41) is 0.548. The smallest absolute Gasteiger partial charge is 0.233 e. The molecule has 0 bridgehead atoms. The summed E-state index contributed by atoms with van der Waals surface area (Å²) in [4.78, 5) is 4.70. The monoisotopic (exact) mass is 381 g/mol. The Bertz CT molecular complexity index is 905. The minimum Gasteiger partial charge on any atom is -0.476 e. The highest BCUT2D eigenvalue weighted by Gasteiger charge is 2.28. The minimum atomic E-state index is -3.78. The zero-order valence-electron chi connectivity index (χ0n) is 15.5. The highest BCUT2D eigenvalue weighted by molar-refractivity contribution is 7.91. The Balaban J connectivity index is 2.69. The van der Waals surface area contributed by atoms with Gasteiger partial charge < -0.3 is 4.74 Å². The summed E-state index contributed by atoms with van der Waals surface area (Å²) >= 11 is 6.12. The molecule has 0 spiro atoms. The van der Waals surface area contributed by atoms with Gasteiger partial charge in [0.25, 0.3) is 0 Å². The van der Waals surface area contributed by atoms with E-state index in [1.165, 1.54) is 0 Å². The molecule has 0 radical (unpaired) electrons. The largest absolute Gasteiger partial charge is 0.476 e. The van der Waals surface area contributed by atoms with E-state index in [9.17, 15) is 8.42 Å². The molecule has 25 heavy (non-hydrogen) atoms. The van der Waals surface area contributed by atoms with Crippen LogP contribution in [0, 0.1) is 33.6 Å². The maximum Gasteiger partial charge on any atom is 0.233 e. The van der Waals surface area contributed by atoms with Crippen molar-refractivity contribution in [2.24, 2.45) is 5.92 Å². The molecule has 0 saturated carbocycles. The van der Waals surface area contributed by atoms with E-state index in [1.807, 2.05) is 20.8 Å². The molecule has 136 valence electrons. The molecule has 0 N–H and O–H groups in total. The Morgan fingerprint density at radius 2 is 1.68 bits per heavy atom. The summed E-state index contributed by atoms with van der Waals surface area (Å²) in [6.07, 6.45) is 0. The van der Waals surface area contributed by atoms with Gasteiger partial charge in [-0.15, -0.1) is 0 Å². The van der Waals surface area contributed by atoms with Gasteiger partial charge in [-0.3, -0.25) is 0 Å². The van der Waals surface area contributed by atoms with Gasteiger partial charge in [-0.1, -0.05) is 25.4 Å². The van der Waals surface area contributed by atoms with Crippen LogP contribution in [0.3, 0.4) is 0 Å². The van der Waals surface area contributed by atoms with E-state index in [-0.39, 0.29) is 21.6 Å². The van der Waals surface area contributed by atoms with Crippen molar-refractivity contribution in [2.75, 3.05) is 6.61 Å². The van der Waals surface area contributed by atoms with Gasteiger partial charge >= 0.3 is 0 Å². The number of hydrogen-bond acceptors (Lipinski definition) is 4. The number of benzene rings is 1. The van der Waals surface area contributed by atoms with Crippen molar-refractivity contribution in [3.05, 3.63) is 45.6 Å². The van der Waals surface area contributed by atoms with E-state index in [1.54, 1.807) is 39.0 Å². The molecule has 0 aliphatic heterocycles. The van der Waals surface area contributed by atoms with Gasteiger partial charge in [0.2, 0.25) is 15.7 Å². The first kappa shape index (κ1) is 19.7. The van der Waals surface area contributed by atoms with Crippen molar-refractivity contribution < 1.29 is 13.2 Å². The summed E-state index contributed by atoms with van der Waals surface area (Å²) in [7, 11) is -3.78. The molecular formula is C19H24ClNO3S. The van der Waals surface area contributed by atoms with Crippen LogP contribution in [0.5, 0.6) is 5.88 Å². The van der Waals surface area contributed by atoms with E-state index >= 15 is 0 Å². The lowest BCUT2D eigenvalue weighted by Crippen LogP contribution is -2.13. The number of sulfone groups is 1. The number of rotatable bonds is 5. The van der Waals surface area contributed by atoms with Crippen molar-refractivity contribution in [3.63, 3.8) is 0 Å². The topological polar surface area (TPSA) is 56.3 Å². The molecule has 0 aliphatic carbocycles.